The van der Waals surface area contributed by atoms with Crippen LogP contribution in [-0.4, -0.2) is 64.3 Å². The van der Waals surface area contributed by atoms with Crippen LogP contribution in [0.2, 0.25) is 0 Å². The van der Waals surface area contributed by atoms with Gasteiger partial charge in [0.2, 0.25) is 5.79 Å². The minimum atomic E-state index is -1.63. The molecule has 1 fully saturated rings. The fraction of sp³-hybridized carbons (Fsp3) is 1.00. The van der Waals surface area contributed by atoms with Crippen LogP contribution in [0.15, 0.2) is 0 Å². The molecule has 0 aliphatic carbocycles. The summed E-state index contributed by atoms with van der Waals surface area (Å²) < 4.78 is 10.8. The molecule has 24 heavy (non-hydrogen) atoms. The van der Waals surface area contributed by atoms with E-state index >= 15 is 0 Å². The summed E-state index contributed by atoms with van der Waals surface area (Å²) in [6.07, 6.45) is 8.08. The van der Waals surface area contributed by atoms with Gasteiger partial charge in [-0.1, -0.05) is 64.7 Å². The third-order valence-corrected chi connectivity index (χ3v) is 4.73. The van der Waals surface area contributed by atoms with Crippen LogP contribution in [0.3, 0.4) is 0 Å². The first-order chi connectivity index (χ1) is 11.6. The minimum absolute atomic E-state index is 0.170. The van der Waals surface area contributed by atoms with Crippen LogP contribution in [-0.2, 0) is 9.47 Å². The van der Waals surface area contributed by atoms with Gasteiger partial charge in [-0.15, -0.1) is 0 Å². The molecule has 4 atom stereocenters. The van der Waals surface area contributed by atoms with Gasteiger partial charge in [-0.3, -0.25) is 0 Å². The molecule has 0 amide bonds. The van der Waals surface area contributed by atoms with E-state index in [1.54, 1.807) is 0 Å². The van der Waals surface area contributed by atoms with E-state index in [0.29, 0.717) is 6.61 Å². The van der Waals surface area contributed by atoms with Gasteiger partial charge in [-0.05, 0) is 6.42 Å². The normalized spacial score (nSPS) is 30.6. The lowest BCUT2D eigenvalue weighted by molar-refractivity contribution is -0.348. The van der Waals surface area contributed by atoms with Crippen LogP contribution >= 0.6 is 0 Å². The molecule has 0 aromatic heterocycles. The molecule has 1 heterocycles. The largest absolute Gasteiger partial charge is 0.391 e. The number of hydrogen-bond acceptors (Lipinski definition) is 6. The summed E-state index contributed by atoms with van der Waals surface area (Å²) >= 11 is 0. The van der Waals surface area contributed by atoms with E-state index in [-0.39, 0.29) is 6.61 Å². The maximum Gasteiger partial charge on any atom is 0.221 e. The molecule has 0 unspecified atom stereocenters. The van der Waals surface area contributed by atoms with Crippen molar-refractivity contribution < 1.29 is 29.9 Å². The lowest BCUT2D eigenvalue weighted by atomic mass is 9.97. The lowest BCUT2D eigenvalue weighted by Gasteiger charge is -2.43. The standard InChI is InChI=1S/C18H36O6/c1-2-3-4-5-6-7-8-9-10-11-12-23-18(14-19)17(22)16(21)15(20)13-24-18/h15-17,19-22H,2-14H2,1H3/t15-,16+,17-,18+/m0/s1. The van der Waals surface area contributed by atoms with Crippen LogP contribution < -0.4 is 0 Å². The molecule has 0 radical (unpaired) electrons. The predicted octanol–water partition coefficient (Wildman–Crippen LogP) is 1.73. The van der Waals surface area contributed by atoms with Crippen molar-refractivity contribution in [1.82, 2.24) is 0 Å². The van der Waals surface area contributed by atoms with Gasteiger partial charge < -0.3 is 29.9 Å². The van der Waals surface area contributed by atoms with Crippen molar-refractivity contribution in [3.63, 3.8) is 0 Å². The van der Waals surface area contributed by atoms with Crippen molar-refractivity contribution in [2.24, 2.45) is 0 Å². The van der Waals surface area contributed by atoms with Crippen LogP contribution in [0.1, 0.15) is 71.1 Å². The second-order valence-electron chi connectivity index (χ2n) is 6.81. The zero-order valence-electron chi connectivity index (χ0n) is 15.0. The number of aliphatic hydroxyl groups is 4. The summed E-state index contributed by atoms with van der Waals surface area (Å²) in [5.41, 5.74) is 0. The molecule has 1 aliphatic rings. The summed E-state index contributed by atoms with van der Waals surface area (Å²) in [5.74, 6) is -1.63. The summed E-state index contributed by atoms with van der Waals surface area (Å²) in [6.45, 7) is 1.84. The van der Waals surface area contributed by atoms with E-state index in [1.165, 1.54) is 44.9 Å². The Hall–Kier alpha value is -0.240. The van der Waals surface area contributed by atoms with Gasteiger partial charge in [0.25, 0.3) is 0 Å². The topological polar surface area (TPSA) is 99.4 Å². The van der Waals surface area contributed by atoms with Crippen molar-refractivity contribution in [3.05, 3.63) is 0 Å². The van der Waals surface area contributed by atoms with Gasteiger partial charge in [0.1, 0.15) is 24.9 Å². The average Bonchev–Trinajstić information content (AvgIpc) is 2.60. The first kappa shape index (κ1) is 21.8. The molecular formula is C18H36O6. The molecule has 0 spiro atoms. The maximum atomic E-state index is 10.00. The molecule has 0 saturated carbocycles. The highest BCUT2D eigenvalue weighted by molar-refractivity contribution is 4.92. The van der Waals surface area contributed by atoms with E-state index in [0.717, 1.165) is 19.3 Å². The molecular weight excluding hydrogens is 312 g/mol. The first-order valence-electron chi connectivity index (χ1n) is 9.50. The molecule has 1 aliphatic heterocycles. The fourth-order valence-electron chi connectivity index (χ4n) is 3.03. The van der Waals surface area contributed by atoms with E-state index in [2.05, 4.69) is 6.92 Å². The monoisotopic (exact) mass is 348 g/mol. The van der Waals surface area contributed by atoms with Crippen molar-refractivity contribution in [2.45, 2.75) is 95.2 Å². The van der Waals surface area contributed by atoms with Gasteiger partial charge >= 0.3 is 0 Å². The number of hydrogen-bond donors (Lipinski definition) is 4. The van der Waals surface area contributed by atoms with Gasteiger partial charge in [0.15, 0.2) is 0 Å². The smallest absolute Gasteiger partial charge is 0.221 e. The Labute approximate surface area is 145 Å². The molecule has 1 saturated heterocycles. The summed E-state index contributed by atoms with van der Waals surface area (Å²) in [5, 5.41) is 38.7. The fourth-order valence-corrected chi connectivity index (χ4v) is 3.03. The molecule has 1 rings (SSSR count). The highest BCUT2D eigenvalue weighted by Crippen LogP contribution is 2.27. The van der Waals surface area contributed by atoms with E-state index < -0.39 is 30.7 Å². The van der Waals surface area contributed by atoms with Crippen LogP contribution in [0.4, 0.5) is 0 Å². The van der Waals surface area contributed by atoms with Crippen molar-refractivity contribution in [3.8, 4) is 0 Å². The number of ether oxygens (including phenoxy) is 2. The van der Waals surface area contributed by atoms with Gasteiger partial charge in [-0.2, -0.15) is 0 Å². The molecule has 6 heteroatoms. The van der Waals surface area contributed by atoms with E-state index in [4.69, 9.17) is 9.47 Å². The second kappa shape index (κ2) is 12.2. The Balaban J connectivity index is 2.09. The number of rotatable bonds is 13. The summed E-state index contributed by atoms with van der Waals surface area (Å²) in [4.78, 5) is 0. The van der Waals surface area contributed by atoms with Crippen LogP contribution in [0.25, 0.3) is 0 Å². The van der Waals surface area contributed by atoms with Crippen molar-refractivity contribution in [1.29, 1.82) is 0 Å². The number of aliphatic hydroxyl groups excluding tert-OH is 4. The SMILES string of the molecule is CCCCCCCCCCCCO[C@]1(CO)OC[C@H](O)[C@@H](O)[C@@H]1O. The van der Waals surface area contributed by atoms with Crippen LogP contribution in [0, 0.1) is 0 Å². The highest BCUT2D eigenvalue weighted by atomic mass is 16.7. The van der Waals surface area contributed by atoms with Gasteiger partial charge in [0, 0.05) is 0 Å². The highest BCUT2D eigenvalue weighted by Gasteiger charge is 2.50. The third-order valence-electron chi connectivity index (χ3n) is 4.73. The van der Waals surface area contributed by atoms with Gasteiger partial charge in [-0.25, -0.2) is 0 Å². The number of unbranched alkanes of at least 4 members (excludes halogenated alkanes) is 9. The minimum Gasteiger partial charge on any atom is -0.391 e. The van der Waals surface area contributed by atoms with Crippen LogP contribution in [0.5, 0.6) is 0 Å². The molecule has 144 valence electrons. The second-order valence-corrected chi connectivity index (χ2v) is 6.81. The Morgan fingerprint density at radius 3 is 2.00 bits per heavy atom. The Morgan fingerprint density at radius 2 is 1.46 bits per heavy atom. The third kappa shape index (κ3) is 6.94. The molecule has 0 aromatic rings. The zero-order chi connectivity index (χ0) is 17.8. The zero-order valence-corrected chi connectivity index (χ0v) is 15.0. The Bertz CT molecular complexity index is 314. The first-order valence-corrected chi connectivity index (χ1v) is 9.50. The van der Waals surface area contributed by atoms with E-state index in [1.807, 2.05) is 0 Å². The summed E-state index contributed by atoms with van der Waals surface area (Å²) in [6, 6.07) is 0. The quantitative estimate of drug-likeness (QED) is 0.378. The Kier molecular flexibility index (Phi) is 11.1. The average molecular weight is 348 g/mol. The molecule has 0 bridgehead atoms. The summed E-state index contributed by atoms with van der Waals surface area (Å²) in [7, 11) is 0. The van der Waals surface area contributed by atoms with E-state index in [9.17, 15) is 20.4 Å². The predicted molar refractivity (Wildman–Crippen MR) is 91.6 cm³/mol. The Morgan fingerprint density at radius 1 is 0.917 bits per heavy atom. The van der Waals surface area contributed by atoms with Crippen molar-refractivity contribution in [2.75, 3.05) is 19.8 Å². The van der Waals surface area contributed by atoms with Crippen molar-refractivity contribution >= 4 is 0 Å². The van der Waals surface area contributed by atoms with Gasteiger partial charge in [0.05, 0.1) is 13.2 Å². The lowest BCUT2D eigenvalue weighted by Crippen LogP contribution is -2.63. The molecule has 6 nitrogen and oxygen atoms in total. The maximum absolute atomic E-state index is 10.00. The molecule has 4 N–H and O–H groups in total. The molecule has 0 aromatic carbocycles.